The van der Waals surface area contributed by atoms with Crippen molar-refractivity contribution >= 4 is 5.82 Å². The van der Waals surface area contributed by atoms with E-state index < -0.39 is 0 Å². The number of hydrogen-bond acceptors (Lipinski definition) is 5. The molecule has 0 bridgehead atoms. The quantitative estimate of drug-likeness (QED) is 0.896. The van der Waals surface area contributed by atoms with Crippen molar-refractivity contribution < 1.29 is 4.74 Å². The lowest BCUT2D eigenvalue weighted by Crippen LogP contribution is -2.38. The molecule has 112 valence electrons. The second kappa shape index (κ2) is 6.24. The van der Waals surface area contributed by atoms with E-state index in [9.17, 15) is 0 Å². The Kier molecular flexibility index (Phi) is 4.17. The molecule has 6 nitrogen and oxygen atoms in total. The summed E-state index contributed by atoms with van der Waals surface area (Å²) in [4.78, 5) is 6.97. The van der Waals surface area contributed by atoms with Gasteiger partial charge in [0.25, 0.3) is 0 Å². The van der Waals surface area contributed by atoms with Crippen LogP contribution < -0.4 is 5.32 Å². The number of anilines is 1. The number of aromatic nitrogens is 3. The van der Waals surface area contributed by atoms with E-state index in [2.05, 4.69) is 32.3 Å². The minimum Gasteiger partial charge on any atom is -0.373 e. The molecule has 1 aliphatic rings. The van der Waals surface area contributed by atoms with Gasteiger partial charge in [-0.2, -0.15) is 5.10 Å². The van der Waals surface area contributed by atoms with Crippen molar-refractivity contribution in [1.29, 1.82) is 0 Å². The molecule has 0 aromatic carbocycles. The summed E-state index contributed by atoms with van der Waals surface area (Å²) in [5.41, 5.74) is 3.36. The number of rotatable bonds is 4. The van der Waals surface area contributed by atoms with Gasteiger partial charge in [-0.05, 0) is 19.1 Å². The maximum absolute atomic E-state index is 5.89. The minimum atomic E-state index is 0.0271. The Labute approximate surface area is 124 Å². The summed E-state index contributed by atoms with van der Waals surface area (Å²) in [7, 11) is 1.88. The minimum absolute atomic E-state index is 0.0271. The lowest BCUT2D eigenvalue weighted by molar-refractivity contribution is -0.0349. The molecule has 1 saturated heterocycles. The van der Waals surface area contributed by atoms with Gasteiger partial charge in [-0.1, -0.05) is 6.07 Å². The number of H-pyrrole nitrogens is 1. The zero-order valence-corrected chi connectivity index (χ0v) is 12.5. The van der Waals surface area contributed by atoms with Gasteiger partial charge in [0.15, 0.2) is 0 Å². The number of aromatic amines is 1. The van der Waals surface area contributed by atoms with E-state index in [1.807, 2.05) is 31.4 Å². The van der Waals surface area contributed by atoms with E-state index in [1.54, 1.807) is 0 Å². The monoisotopic (exact) mass is 287 g/mol. The summed E-state index contributed by atoms with van der Waals surface area (Å²) in [5.74, 6) is 0.874. The van der Waals surface area contributed by atoms with Crippen LogP contribution in [0.5, 0.6) is 0 Å². The number of nitrogens with zero attached hydrogens (tertiary/aromatic N) is 3. The van der Waals surface area contributed by atoms with Crippen LogP contribution >= 0.6 is 0 Å². The number of nitrogens with one attached hydrogen (secondary N) is 2. The van der Waals surface area contributed by atoms with Gasteiger partial charge in [-0.3, -0.25) is 10.00 Å². The predicted molar refractivity (Wildman–Crippen MR) is 81.1 cm³/mol. The van der Waals surface area contributed by atoms with Crippen molar-refractivity contribution in [3.63, 3.8) is 0 Å². The summed E-state index contributed by atoms with van der Waals surface area (Å²) in [5, 5.41) is 10.1. The number of morpholine rings is 1. The standard InChI is InChI=1S/C15H21N5O/c1-11-12(8-17-19-11)9-20-6-7-21-14(10-20)13-4-3-5-15(16-2)18-13/h3-5,8,14H,6-7,9-10H2,1-2H3,(H,16,18)(H,17,19)/t14-/m1/s1. The number of ether oxygens (including phenoxy) is 1. The van der Waals surface area contributed by atoms with Crippen LogP contribution in [0.25, 0.3) is 0 Å². The van der Waals surface area contributed by atoms with Crippen LogP contribution in [0.1, 0.15) is 23.1 Å². The molecule has 3 rings (SSSR count). The van der Waals surface area contributed by atoms with Gasteiger partial charge in [0.05, 0.1) is 18.5 Å². The van der Waals surface area contributed by atoms with E-state index in [0.717, 1.165) is 43.4 Å². The molecule has 0 spiro atoms. The first kappa shape index (κ1) is 14.0. The van der Waals surface area contributed by atoms with Gasteiger partial charge in [-0.25, -0.2) is 4.98 Å². The van der Waals surface area contributed by atoms with Crippen LogP contribution in [0, 0.1) is 6.92 Å². The second-order valence-electron chi connectivity index (χ2n) is 5.31. The average Bonchev–Trinajstić information content (AvgIpc) is 2.93. The van der Waals surface area contributed by atoms with Gasteiger partial charge >= 0.3 is 0 Å². The molecule has 0 aliphatic carbocycles. The molecule has 1 fully saturated rings. The fraction of sp³-hybridized carbons (Fsp3) is 0.467. The first-order valence-corrected chi connectivity index (χ1v) is 7.24. The Morgan fingerprint density at radius 3 is 3.14 bits per heavy atom. The molecule has 2 aromatic heterocycles. The van der Waals surface area contributed by atoms with Crippen LogP contribution in [0.4, 0.5) is 5.82 Å². The molecule has 2 aromatic rings. The molecule has 1 atom stereocenters. The molecule has 6 heteroatoms. The number of pyridine rings is 1. The smallest absolute Gasteiger partial charge is 0.126 e. The van der Waals surface area contributed by atoms with Crippen molar-refractivity contribution in [2.75, 3.05) is 32.1 Å². The van der Waals surface area contributed by atoms with Crippen molar-refractivity contribution in [3.05, 3.63) is 41.3 Å². The van der Waals surface area contributed by atoms with Crippen molar-refractivity contribution in [3.8, 4) is 0 Å². The Morgan fingerprint density at radius 1 is 1.48 bits per heavy atom. The average molecular weight is 287 g/mol. The first-order chi connectivity index (χ1) is 10.3. The lowest BCUT2D eigenvalue weighted by Gasteiger charge is -2.32. The van der Waals surface area contributed by atoms with Gasteiger partial charge in [0.2, 0.25) is 0 Å². The van der Waals surface area contributed by atoms with E-state index in [-0.39, 0.29) is 6.10 Å². The predicted octanol–water partition coefficient (Wildman–Crippen LogP) is 1.73. The van der Waals surface area contributed by atoms with Crippen LogP contribution in [-0.4, -0.2) is 46.8 Å². The summed E-state index contributed by atoms with van der Waals surface area (Å²) in [6, 6.07) is 5.99. The Hall–Kier alpha value is -1.92. The fourth-order valence-corrected chi connectivity index (χ4v) is 2.57. The molecule has 0 unspecified atom stereocenters. The molecule has 21 heavy (non-hydrogen) atoms. The molecular formula is C15H21N5O. The highest BCUT2D eigenvalue weighted by atomic mass is 16.5. The summed E-state index contributed by atoms with van der Waals surface area (Å²) >= 11 is 0. The Morgan fingerprint density at radius 2 is 2.38 bits per heavy atom. The van der Waals surface area contributed by atoms with Crippen molar-refractivity contribution in [2.45, 2.75) is 19.6 Å². The highest BCUT2D eigenvalue weighted by molar-refractivity contribution is 5.34. The summed E-state index contributed by atoms with van der Waals surface area (Å²) in [6.45, 7) is 5.47. The summed E-state index contributed by atoms with van der Waals surface area (Å²) in [6.07, 6.45) is 1.93. The Balaban J connectivity index is 1.69. The van der Waals surface area contributed by atoms with E-state index in [4.69, 9.17) is 4.74 Å². The largest absolute Gasteiger partial charge is 0.373 e. The van der Waals surface area contributed by atoms with E-state index >= 15 is 0 Å². The Bertz CT molecular complexity index is 597. The number of hydrogen-bond donors (Lipinski definition) is 2. The van der Waals surface area contributed by atoms with E-state index in [1.165, 1.54) is 5.56 Å². The zero-order chi connectivity index (χ0) is 14.7. The number of aryl methyl sites for hydroxylation is 1. The third-order valence-corrected chi connectivity index (χ3v) is 3.84. The molecule has 3 heterocycles. The van der Waals surface area contributed by atoms with Gasteiger partial charge in [0.1, 0.15) is 11.9 Å². The molecule has 2 N–H and O–H groups in total. The van der Waals surface area contributed by atoms with Crippen LogP contribution in [0.15, 0.2) is 24.4 Å². The highest BCUT2D eigenvalue weighted by Crippen LogP contribution is 2.23. The van der Waals surface area contributed by atoms with Crippen LogP contribution in [0.2, 0.25) is 0 Å². The molecule has 0 amide bonds. The van der Waals surface area contributed by atoms with Gasteiger partial charge in [0, 0.05) is 37.9 Å². The topological polar surface area (TPSA) is 66.1 Å². The maximum atomic E-state index is 5.89. The summed E-state index contributed by atoms with van der Waals surface area (Å²) < 4.78 is 5.89. The normalized spacial score (nSPS) is 19.6. The molecule has 0 radical (unpaired) electrons. The zero-order valence-electron chi connectivity index (χ0n) is 12.5. The SMILES string of the molecule is CNc1cccc([C@H]2CN(Cc3cn[nH]c3C)CCO2)n1. The van der Waals surface area contributed by atoms with Crippen LogP contribution in [-0.2, 0) is 11.3 Å². The van der Waals surface area contributed by atoms with Crippen molar-refractivity contribution in [1.82, 2.24) is 20.1 Å². The van der Waals surface area contributed by atoms with Crippen LogP contribution in [0.3, 0.4) is 0 Å². The van der Waals surface area contributed by atoms with Gasteiger partial charge in [-0.15, -0.1) is 0 Å². The highest BCUT2D eigenvalue weighted by Gasteiger charge is 2.23. The molecule has 0 saturated carbocycles. The first-order valence-electron chi connectivity index (χ1n) is 7.24. The third-order valence-electron chi connectivity index (χ3n) is 3.84. The molecular weight excluding hydrogens is 266 g/mol. The second-order valence-corrected chi connectivity index (χ2v) is 5.31. The maximum Gasteiger partial charge on any atom is 0.126 e. The van der Waals surface area contributed by atoms with E-state index in [0.29, 0.717) is 0 Å². The third kappa shape index (κ3) is 3.22. The lowest BCUT2D eigenvalue weighted by atomic mass is 10.1. The molecule has 1 aliphatic heterocycles. The fourth-order valence-electron chi connectivity index (χ4n) is 2.57. The van der Waals surface area contributed by atoms with Crippen molar-refractivity contribution in [2.24, 2.45) is 0 Å². The van der Waals surface area contributed by atoms with Gasteiger partial charge < -0.3 is 10.1 Å².